The van der Waals surface area contributed by atoms with Gasteiger partial charge in [-0.15, -0.1) is 0 Å². The van der Waals surface area contributed by atoms with Crippen LogP contribution in [-0.2, 0) is 0 Å². The lowest BCUT2D eigenvalue weighted by atomic mass is 9.87. The molecule has 1 aliphatic carbocycles. The molecule has 1 spiro atoms. The summed E-state index contributed by atoms with van der Waals surface area (Å²) in [7, 11) is 0. The van der Waals surface area contributed by atoms with Gasteiger partial charge in [0.15, 0.2) is 0 Å². The molecular weight excluding hydrogens is 296 g/mol. The fourth-order valence-electron chi connectivity index (χ4n) is 3.48. The van der Waals surface area contributed by atoms with Crippen molar-refractivity contribution in [3.05, 3.63) is 35.4 Å². The average Bonchev–Trinajstić information content (AvgIpc) is 2.55. The molecule has 0 atom stereocenters. The van der Waals surface area contributed by atoms with Gasteiger partial charge in [0.05, 0.1) is 0 Å². The molecule has 3 rings (SSSR count). The first-order valence-corrected chi connectivity index (χ1v) is 8.91. The number of nitrogens with zero attached hydrogens (tertiary/aromatic N) is 1. The number of primary amides is 1. The molecule has 22 heavy (non-hydrogen) atoms. The van der Waals surface area contributed by atoms with Crippen LogP contribution in [0.4, 0.5) is 0 Å². The lowest BCUT2D eigenvalue weighted by Gasteiger charge is -2.44. The minimum atomic E-state index is -0.463. The van der Waals surface area contributed by atoms with Crippen LogP contribution in [-0.4, -0.2) is 40.3 Å². The number of rotatable bonds is 2. The predicted octanol–water partition coefficient (Wildman–Crippen LogP) is 2.68. The highest BCUT2D eigenvalue weighted by Crippen LogP contribution is 2.42. The fourth-order valence-corrected chi connectivity index (χ4v) is 5.05. The molecule has 1 heterocycles. The summed E-state index contributed by atoms with van der Waals surface area (Å²) >= 11 is 2.05. The second kappa shape index (κ2) is 6.32. The van der Waals surface area contributed by atoms with E-state index in [4.69, 9.17) is 5.73 Å². The van der Waals surface area contributed by atoms with E-state index in [0.717, 1.165) is 18.8 Å². The third-order valence-electron chi connectivity index (χ3n) is 4.72. The molecule has 0 bridgehead atoms. The van der Waals surface area contributed by atoms with Crippen LogP contribution in [0.25, 0.3) is 0 Å². The third-order valence-corrected chi connectivity index (χ3v) is 6.25. The highest BCUT2D eigenvalue weighted by atomic mass is 32.2. The first-order chi connectivity index (χ1) is 10.6. The summed E-state index contributed by atoms with van der Waals surface area (Å²) in [5, 5.41) is 0. The number of thioether (sulfide) groups is 1. The highest BCUT2D eigenvalue weighted by Gasteiger charge is 2.38. The smallest absolute Gasteiger partial charge is 0.253 e. The van der Waals surface area contributed by atoms with Gasteiger partial charge in [-0.05, 0) is 37.1 Å². The van der Waals surface area contributed by atoms with E-state index in [1.807, 2.05) is 4.90 Å². The van der Waals surface area contributed by atoms with Gasteiger partial charge in [-0.1, -0.05) is 19.3 Å². The molecule has 2 N–H and O–H groups in total. The van der Waals surface area contributed by atoms with Gasteiger partial charge in [0.25, 0.3) is 5.91 Å². The molecule has 0 unspecified atom stereocenters. The topological polar surface area (TPSA) is 63.4 Å². The van der Waals surface area contributed by atoms with Crippen LogP contribution < -0.4 is 5.73 Å². The second-order valence-electron chi connectivity index (χ2n) is 6.26. The minimum absolute atomic E-state index is 0.0706. The lowest BCUT2D eigenvalue weighted by molar-refractivity contribution is 0.0729. The van der Waals surface area contributed by atoms with Gasteiger partial charge < -0.3 is 10.6 Å². The highest BCUT2D eigenvalue weighted by molar-refractivity contribution is 8.00. The largest absolute Gasteiger partial charge is 0.366 e. The van der Waals surface area contributed by atoms with Gasteiger partial charge in [-0.2, -0.15) is 11.8 Å². The number of hydrogen-bond donors (Lipinski definition) is 1. The molecule has 2 aliphatic rings. The van der Waals surface area contributed by atoms with E-state index in [1.54, 1.807) is 24.3 Å². The molecule has 2 fully saturated rings. The third kappa shape index (κ3) is 3.14. The van der Waals surface area contributed by atoms with Gasteiger partial charge in [-0.25, -0.2) is 0 Å². The maximum atomic E-state index is 12.7. The molecule has 0 aromatic heterocycles. The van der Waals surface area contributed by atoms with Crippen LogP contribution in [0.2, 0.25) is 0 Å². The molecule has 5 heteroatoms. The van der Waals surface area contributed by atoms with E-state index in [-0.39, 0.29) is 10.7 Å². The van der Waals surface area contributed by atoms with Crippen molar-refractivity contribution >= 4 is 23.6 Å². The monoisotopic (exact) mass is 318 g/mol. The Hall–Kier alpha value is -1.49. The molecule has 1 aromatic rings. The Morgan fingerprint density at radius 2 is 1.68 bits per heavy atom. The van der Waals surface area contributed by atoms with Crippen molar-refractivity contribution in [3.8, 4) is 0 Å². The maximum absolute atomic E-state index is 12.7. The number of nitrogens with two attached hydrogens (primary N) is 1. The number of amides is 2. The zero-order chi connectivity index (χ0) is 15.6. The van der Waals surface area contributed by atoms with E-state index < -0.39 is 5.91 Å². The quantitative estimate of drug-likeness (QED) is 0.912. The molecular formula is C17H22N2O2S. The van der Waals surface area contributed by atoms with Crippen molar-refractivity contribution in [2.24, 2.45) is 5.73 Å². The normalized spacial score (nSPS) is 20.8. The summed E-state index contributed by atoms with van der Waals surface area (Å²) in [4.78, 5) is 25.8. The van der Waals surface area contributed by atoms with Gasteiger partial charge in [0.1, 0.15) is 0 Å². The molecule has 1 saturated heterocycles. The van der Waals surface area contributed by atoms with Crippen LogP contribution >= 0.6 is 11.8 Å². The van der Waals surface area contributed by atoms with Crippen LogP contribution in [0, 0.1) is 0 Å². The maximum Gasteiger partial charge on any atom is 0.253 e. The summed E-state index contributed by atoms with van der Waals surface area (Å²) in [6.45, 7) is 1.66. The second-order valence-corrected chi connectivity index (χ2v) is 7.82. The molecule has 0 radical (unpaired) electrons. The van der Waals surface area contributed by atoms with Crippen LogP contribution in [0.3, 0.4) is 0 Å². The van der Waals surface area contributed by atoms with Crippen molar-refractivity contribution in [1.29, 1.82) is 0 Å². The number of carbonyl (C=O) groups is 2. The predicted molar refractivity (Wildman–Crippen MR) is 89.1 cm³/mol. The first kappa shape index (κ1) is 15.4. The Bertz CT molecular complexity index is 559. The summed E-state index contributed by atoms with van der Waals surface area (Å²) in [5.41, 5.74) is 6.32. The molecule has 1 aromatic carbocycles. The van der Waals surface area contributed by atoms with E-state index >= 15 is 0 Å². The molecule has 2 amide bonds. The van der Waals surface area contributed by atoms with Gasteiger partial charge in [0, 0.05) is 34.7 Å². The molecule has 1 aliphatic heterocycles. The van der Waals surface area contributed by atoms with Crippen LogP contribution in [0.5, 0.6) is 0 Å². The molecule has 1 saturated carbocycles. The van der Waals surface area contributed by atoms with Gasteiger partial charge in [0.2, 0.25) is 5.91 Å². The standard InChI is InChI=1S/C17H22N2O2S/c18-15(20)13-4-6-14(7-5-13)16(21)19-10-11-22-17(12-19)8-2-1-3-9-17/h4-7H,1-3,8-12H2,(H2,18,20). The van der Waals surface area contributed by atoms with Crippen molar-refractivity contribution in [2.45, 2.75) is 36.9 Å². The summed E-state index contributed by atoms with van der Waals surface area (Å²) in [6, 6.07) is 6.67. The molecule has 118 valence electrons. The lowest BCUT2D eigenvalue weighted by Crippen LogP contribution is -2.49. The van der Waals surface area contributed by atoms with Crippen molar-refractivity contribution in [3.63, 3.8) is 0 Å². The minimum Gasteiger partial charge on any atom is -0.366 e. The summed E-state index contributed by atoms with van der Waals surface area (Å²) < 4.78 is 0.277. The first-order valence-electron chi connectivity index (χ1n) is 7.93. The van der Waals surface area contributed by atoms with Gasteiger partial charge in [-0.3, -0.25) is 9.59 Å². The Labute approximate surface area is 135 Å². The summed E-state index contributed by atoms with van der Waals surface area (Å²) in [5.74, 6) is 0.626. The Kier molecular flexibility index (Phi) is 4.43. The zero-order valence-corrected chi connectivity index (χ0v) is 13.5. The van der Waals surface area contributed by atoms with Crippen LogP contribution in [0.15, 0.2) is 24.3 Å². The van der Waals surface area contributed by atoms with E-state index in [1.165, 1.54) is 32.1 Å². The molecule has 4 nitrogen and oxygen atoms in total. The van der Waals surface area contributed by atoms with Crippen molar-refractivity contribution < 1.29 is 9.59 Å². The van der Waals surface area contributed by atoms with E-state index in [9.17, 15) is 9.59 Å². The summed E-state index contributed by atoms with van der Waals surface area (Å²) in [6.07, 6.45) is 6.33. The van der Waals surface area contributed by atoms with Gasteiger partial charge >= 0.3 is 0 Å². The number of benzene rings is 1. The Balaban J connectivity index is 1.72. The Morgan fingerprint density at radius 1 is 1.05 bits per heavy atom. The van der Waals surface area contributed by atoms with Crippen molar-refractivity contribution in [1.82, 2.24) is 4.90 Å². The van der Waals surface area contributed by atoms with Crippen molar-refractivity contribution in [2.75, 3.05) is 18.8 Å². The zero-order valence-electron chi connectivity index (χ0n) is 12.7. The fraction of sp³-hybridized carbons (Fsp3) is 0.529. The number of hydrogen-bond acceptors (Lipinski definition) is 3. The van der Waals surface area contributed by atoms with E-state index in [2.05, 4.69) is 11.8 Å². The van der Waals surface area contributed by atoms with E-state index in [0.29, 0.717) is 11.1 Å². The van der Waals surface area contributed by atoms with Crippen LogP contribution in [0.1, 0.15) is 52.8 Å². The SMILES string of the molecule is NC(=O)c1ccc(C(=O)N2CCSC3(CCCCC3)C2)cc1. The number of carbonyl (C=O) groups excluding carboxylic acids is 2. The Morgan fingerprint density at radius 3 is 2.32 bits per heavy atom. The average molecular weight is 318 g/mol.